The number of hydrogen-bond acceptors (Lipinski definition) is 5. The Bertz CT molecular complexity index is 923. The minimum Gasteiger partial charge on any atom is -0.480 e. The average Bonchev–Trinajstić information content (AvgIpc) is 3.21. The molecule has 2 heterocycles. The number of carboxylic acid groups (broad SMARTS) is 1. The first-order valence-corrected chi connectivity index (χ1v) is 9.46. The molecule has 1 aliphatic heterocycles. The zero-order chi connectivity index (χ0) is 21.1. The highest BCUT2D eigenvalue weighted by atomic mass is 16.4. The van der Waals surface area contributed by atoms with Crippen molar-refractivity contribution in [3.8, 4) is 0 Å². The van der Waals surface area contributed by atoms with E-state index in [1.54, 1.807) is 42.9 Å². The van der Waals surface area contributed by atoms with Crippen LogP contribution < -0.4 is 10.6 Å². The van der Waals surface area contributed by atoms with E-state index in [2.05, 4.69) is 15.7 Å². The number of anilines is 2. The lowest BCUT2D eigenvalue weighted by Crippen LogP contribution is -2.49. The number of aliphatic carboxylic acids is 1. The molecule has 2 unspecified atom stereocenters. The molecule has 0 saturated carbocycles. The maximum absolute atomic E-state index is 12.7. The summed E-state index contributed by atoms with van der Waals surface area (Å²) in [7, 11) is 1.81. The summed E-state index contributed by atoms with van der Waals surface area (Å²) in [5.41, 5.74) is 1.92. The van der Waals surface area contributed by atoms with Crippen LogP contribution in [0.3, 0.4) is 0 Å². The van der Waals surface area contributed by atoms with Crippen molar-refractivity contribution in [1.82, 2.24) is 20.0 Å². The summed E-state index contributed by atoms with van der Waals surface area (Å²) in [6.45, 7) is 3.83. The van der Waals surface area contributed by atoms with Gasteiger partial charge in [-0.1, -0.05) is 19.9 Å². The largest absolute Gasteiger partial charge is 0.480 e. The Balaban J connectivity index is 1.67. The fourth-order valence-corrected chi connectivity index (χ4v) is 3.52. The van der Waals surface area contributed by atoms with Crippen molar-refractivity contribution in [3.63, 3.8) is 0 Å². The number of aryl methyl sites for hydroxylation is 1. The van der Waals surface area contributed by atoms with Gasteiger partial charge in [0, 0.05) is 31.0 Å². The quantitative estimate of drug-likeness (QED) is 0.651. The Morgan fingerprint density at radius 2 is 2.03 bits per heavy atom. The average molecular weight is 399 g/mol. The van der Waals surface area contributed by atoms with E-state index in [-0.39, 0.29) is 17.7 Å². The zero-order valence-electron chi connectivity index (χ0n) is 16.6. The number of aromatic nitrogens is 2. The van der Waals surface area contributed by atoms with Gasteiger partial charge in [0.2, 0.25) is 5.91 Å². The van der Waals surface area contributed by atoms with Crippen LogP contribution in [-0.2, 0) is 16.6 Å². The summed E-state index contributed by atoms with van der Waals surface area (Å²) < 4.78 is 1.66. The molecule has 1 saturated heterocycles. The van der Waals surface area contributed by atoms with Crippen molar-refractivity contribution >= 4 is 29.2 Å². The summed E-state index contributed by atoms with van der Waals surface area (Å²) in [6.07, 6.45) is 3.87. The van der Waals surface area contributed by atoms with Crippen LogP contribution in [0.15, 0.2) is 36.7 Å². The van der Waals surface area contributed by atoms with Crippen LogP contribution in [0.25, 0.3) is 0 Å². The fourth-order valence-electron chi connectivity index (χ4n) is 3.52. The van der Waals surface area contributed by atoms with Crippen molar-refractivity contribution in [2.45, 2.75) is 32.4 Å². The standard InChI is InChI=1S/C20H25N5O4/c1-12(2)17(20(28)29)25-8-7-16(19(25)27)23-18(26)13-5-4-6-14(9-13)22-15-10-21-24(3)11-15/h4-6,9-12,16-17,22H,7-8H2,1-3H3,(H,23,26)(H,28,29). The number of nitrogens with zero attached hydrogens (tertiary/aromatic N) is 3. The first kappa shape index (κ1) is 20.4. The van der Waals surface area contributed by atoms with Crippen LogP contribution in [-0.4, -0.2) is 56.2 Å². The minimum atomic E-state index is -1.03. The van der Waals surface area contributed by atoms with Crippen LogP contribution in [0.2, 0.25) is 0 Å². The van der Waals surface area contributed by atoms with Crippen LogP contribution >= 0.6 is 0 Å². The van der Waals surface area contributed by atoms with Gasteiger partial charge in [0.25, 0.3) is 5.91 Å². The minimum absolute atomic E-state index is 0.221. The van der Waals surface area contributed by atoms with Gasteiger partial charge in [-0.2, -0.15) is 5.10 Å². The highest BCUT2D eigenvalue weighted by Gasteiger charge is 2.40. The highest BCUT2D eigenvalue weighted by Crippen LogP contribution is 2.21. The second-order valence-corrected chi connectivity index (χ2v) is 7.48. The van der Waals surface area contributed by atoms with Gasteiger partial charge in [-0.3, -0.25) is 14.3 Å². The van der Waals surface area contributed by atoms with E-state index in [1.165, 1.54) is 4.90 Å². The third-order valence-corrected chi connectivity index (χ3v) is 4.88. The number of likely N-dealkylation sites (tertiary alicyclic amines) is 1. The molecule has 2 atom stereocenters. The molecule has 154 valence electrons. The van der Waals surface area contributed by atoms with Gasteiger partial charge < -0.3 is 20.6 Å². The Morgan fingerprint density at radius 1 is 1.28 bits per heavy atom. The van der Waals surface area contributed by atoms with E-state index < -0.39 is 18.1 Å². The summed E-state index contributed by atoms with van der Waals surface area (Å²) in [6, 6.07) is 5.31. The predicted octanol–water partition coefficient (Wildman–Crippen LogP) is 1.60. The number of carbonyl (C=O) groups excluding carboxylic acids is 2. The molecule has 1 aliphatic rings. The van der Waals surface area contributed by atoms with Gasteiger partial charge in [0.05, 0.1) is 11.9 Å². The number of benzene rings is 1. The second kappa shape index (κ2) is 8.34. The number of nitrogens with one attached hydrogen (secondary N) is 2. The van der Waals surface area contributed by atoms with Gasteiger partial charge >= 0.3 is 5.97 Å². The fraction of sp³-hybridized carbons (Fsp3) is 0.400. The van der Waals surface area contributed by atoms with Crippen molar-refractivity contribution in [1.29, 1.82) is 0 Å². The number of amides is 2. The van der Waals surface area contributed by atoms with Gasteiger partial charge in [0.15, 0.2) is 0 Å². The lowest BCUT2D eigenvalue weighted by Gasteiger charge is -2.27. The Kier molecular flexibility index (Phi) is 5.86. The Morgan fingerprint density at radius 3 is 2.66 bits per heavy atom. The molecule has 9 heteroatoms. The molecule has 1 aromatic carbocycles. The lowest BCUT2D eigenvalue weighted by molar-refractivity contribution is -0.150. The van der Waals surface area contributed by atoms with E-state index in [0.29, 0.717) is 18.5 Å². The van der Waals surface area contributed by atoms with Crippen LogP contribution in [0.1, 0.15) is 30.6 Å². The third-order valence-electron chi connectivity index (χ3n) is 4.88. The van der Waals surface area contributed by atoms with Crippen LogP contribution in [0, 0.1) is 5.92 Å². The molecule has 1 fully saturated rings. The maximum atomic E-state index is 12.7. The number of carboxylic acids is 1. The summed E-state index contributed by atoms with van der Waals surface area (Å²) >= 11 is 0. The summed E-state index contributed by atoms with van der Waals surface area (Å²) in [5.74, 6) is -1.99. The first-order valence-electron chi connectivity index (χ1n) is 9.46. The maximum Gasteiger partial charge on any atom is 0.326 e. The molecular weight excluding hydrogens is 374 g/mol. The van der Waals surface area contributed by atoms with Gasteiger partial charge in [0.1, 0.15) is 12.1 Å². The second-order valence-electron chi connectivity index (χ2n) is 7.48. The molecule has 29 heavy (non-hydrogen) atoms. The van der Waals surface area contributed by atoms with Crippen LogP contribution in [0.5, 0.6) is 0 Å². The molecular formula is C20H25N5O4. The lowest BCUT2D eigenvalue weighted by atomic mass is 10.0. The summed E-state index contributed by atoms with van der Waals surface area (Å²) in [5, 5.41) is 19.4. The van der Waals surface area contributed by atoms with E-state index >= 15 is 0 Å². The first-order chi connectivity index (χ1) is 13.8. The number of hydrogen-bond donors (Lipinski definition) is 3. The SMILES string of the molecule is CC(C)C(C(=O)O)N1CCC(NC(=O)c2cccc(Nc3cnn(C)c3)c2)C1=O. The molecule has 3 N–H and O–H groups in total. The molecule has 0 bridgehead atoms. The van der Waals surface area contributed by atoms with Gasteiger partial charge in [-0.15, -0.1) is 0 Å². The van der Waals surface area contributed by atoms with Crippen molar-refractivity contribution in [2.75, 3.05) is 11.9 Å². The number of rotatable bonds is 7. The van der Waals surface area contributed by atoms with Crippen molar-refractivity contribution in [3.05, 3.63) is 42.2 Å². The van der Waals surface area contributed by atoms with Crippen molar-refractivity contribution < 1.29 is 19.5 Å². The zero-order valence-corrected chi connectivity index (χ0v) is 16.6. The Labute approximate surface area is 168 Å². The van der Waals surface area contributed by atoms with Crippen LogP contribution in [0.4, 0.5) is 11.4 Å². The topological polar surface area (TPSA) is 117 Å². The Hall–Kier alpha value is -3.36. The monoisotopic (exact) mass is 399 g/mol. The molecule has 0 radical (unpaired) electrons. The summed E-state index contributed by atoms with van der Waals surface area (Å²) in [4.78, 5) is 38.2. The van der Waals surface area contributed by atoms with E-state index in [0.717, 1.165) is 11.4 Å². The highest BCUT2D eigenvalue weighted by molar-refractivity contribution is 5.99. The molecule has 0 aliphatic carbocycles. The van der Waals surface area contributed by atoms with E-state index in [9.17, 15) is 19.5 Å². The van der Waals surface area contributed by atoms with E-state index in [1.807, 2.05) is 19.3 Å². The third kappa shape index (κ3) is 4.56. The smallest absolute Gasteiger partial charge is 0.326 e. The molecule has 9 nitrogen and oxygen atoms in total. The van der Waals surface area contributed by atoms with E-state index in [4.69, 9.17) is 0 Å². The molecule has 0 spiro atoms. The normalized spacial score (nSPS) is 17.4. The molecule has 3 rings (SSSR count). The van der Waals surface area contributed by atoms with Gasteiger partial charge in [-0.25, -0.2) is 4.79 Å². The predicted molar refractivity (Wildman–Crippen MR) is 107 cm³/mol. The van der Waals surface area contributed by atoms with Gasteiger partial charge in [-0.05, 0) is 30.5 Å². The molecule has 2 aromatic rings. The number of carbonyl (C=O) groups is 3. The molecule has 2 amide bonds. The molecule has 1 aromatic heterocycles. The van der Waals surface area contributed by atoms with Crippen molar-refractivity contribution in [2.24, 2.45) is 13.0 Å².